The second-order valence-electron chi connectivity index (χ2n) is 6.80. The molecule has 0 amide bonds. The molecule has 0 spiro atoms. The summed E-state index contributed by atoms with van der Waals surface area (Å²) in [7, 11) is 1.79. The lowest BCUT2D eigenvalue weighted by Gasteiger charge is -2.36. The molecular formula is C18H31NO2. The van der Waals surface area contributed by atoms with Gasteiger partial charge in [-0.3, -0.25) is 0 Å². The van der Waals surface area contributed by atoms with Crippen LogP contribution in [0.4, 0.5) is 0 Å². The highest BCUT2D eigenvalue weighted by atomic mass is 16.5. The molecule has 0 fully saturated rings. The van der Waals surface area contributed by atoms with E-state index in [4.69, 9.17) is 9.47 Å². The maximum Gasteiger partial charge on any atom is 0.120 e. The number of methoxy groups -OCH3 is 1. The van der Waals surface area contributed by atoms with Crippen molar-refractivity contribution >= 4 is 0 Å². The van der Waals surface area contributed by atoms with Gasteiger partial charge in [-0.2, -0.15) is 0 Å². The summed E-state index contributed by atoms with van der Waals surface area (Å²) < 4.78 is 11.6. The number of hydrogen-bond acceptors (Lipinski definition) is 3. The van der Waals surface area contributed by atoms with Crippen LogP contribution in [0, 0.1) is 5.41 Å². The molecule has 0 heterocycles. The van der Waals surface area contributed by atoms with Gasteiger partial charge in [0.05, 0.1) is 18.2 Å². The van der Waals surface area contributed by atoms with E-state index in [-0.39, 0.29) is 23.7 Å². The standard InChI is InChI=1S/C18H31NO2/c1-8-19-16(17(20-7)18(4,5)6)14-10-9-11-15(12-14)21-13(2)3/h9-13,16-17,19H,8H2,1-7H3. The molecular weight excluding hydrogens is 262 g/mol. The minimum atomic E-state index is 0.0521. The minimum absolute atomic E-state index is 0.0521. The van der Waals surface area contributed by atoms with Gasteiger partial charge in [0.25, 0.3) is 0 Å². The Hall–Kier alpha value is -1.06. The smallest absolute Gasteiger partial charge is 0.120 e. The van der Waals surface area contributed by atoms with E-state index >= 15 is 0 Å². The van der Waals surface area contributed by atoms with E-state index < -0.39 is 0 Å². The monoisotopic (exact) mass is 293 g/mol. The quantitative estimate of drug-likeness (QED) is 0.818. The van der Waals surface area contributed by atoms with Gasteiger partial charge < -0.3 is 14.8 Å². The molecule has 3 heteroatoms. The minimum Gasteiger partial charge on any atom is -0.491 e. The normalized spacial score (nSPS) is 15.0. The SMILES string of the molecule is CCNC(c1cccc(OC(C)C)c1)C(OC)C(C)(C)C. The lowest BCUT2D eigenvalue weighted by atomic mass is 9.82. The molecule has 3 nitrogen and oxygen atoms in total. The van der Waals surface area contributed by atoms with Crippen LogP contribution in [0.25, 0.3) is 0 Å². The summed E-state index contributed by atoms with van der Waals surface area (Å²) in [6, 6.07) is 8.46. The van der Waals surface area contributed by atoms with Crippen LogP contribution >= 0.6 is 0 Å². The molecule has 0 aromatic heterocycles. The van der Waals surface area contributed by atoms with Gasteiger partial charge >= 0.3 is 0 Å². The third kappa shape index (κ3) is 5.33. The van der Waals surface area contributed by atoms with Crippen LogP contribution in [-0.4, -0.2) is 25.9 Å². The summed E-state index contributed by atoms with van der Waals surface area (Å²) >= 11 is 0. The van der Waals surface area contributed by atoms with E-state index in [0.29, 0.717) is 0 Å². The molecule has 0 saturated carbocycles. The first-order valence-corrected chi connectivity index (χ1v) is 7.82. The third-order valence-corrected chi connectivity index (χ3v) is 3.42. The van der Waals surface area contributed by atoms with E-state index in [1.807, 2.05) is 26.0 Å². The van der Waals surface area contributed by atoms with Crippen LogP contribution in [-0.2, 0) is 4.74 Å². The van der Waals surface area contributed by atoms with Crippen molar-refractivity contribution < 1.29 is 9.47 Å². The maximum atomic E-state index is 5.81. The Labute approximate surface area is 130 Å². The maximum absolute atomic E-state index is 5.81. The molecule has 1 N–H and O–H groups in total. The molecule has 0 bridgehead atoms. The average Bonchev–Trinajstić information content (AvgIpc) is 2.36. The molecule has 2 unspecified atom stereocenters. The number of hydrogen-bond donors (Lipinski definition) is 1. The van der Waals surface area contributed by atoms with Crippen molar-refractivity contribution in [3.05, 3.63) is 29.8 Å². The first-order chi connectivity index (χ1) is 9.79. The van der Waals surface area contributed by atoms with Gasteiger partial charge in [-0.1, -0.05) is 39.8 Å². The second-order valence-corrected chi connectivity index (χ2v) is 6.80. The fraction of sp³-hybridized carbons (Fsp3) is 0.667. The van der Waals surface area contributed by atoms with Gasteiger partial charge in [-0.25, -0.2) is 0 Å². The Balaban J connectivity index is 3.10. The number of benzene rings is 1. The van der Waals surface area contributed by atoms with E-state index in [2.05, 4.69) is 45.1 Å². The highest BCUT2D eigenvalue weighted by Crippen LogP contribution is 2.33. The number of nitrogens with one attached hydrogen (secondary N) is 1. The lowest BCUT2D eigenvalue weighted by molar-refractivity contribution is -0.0116. The molecule has 0 saturated heterocycles. The predicted molar refractivity (Wildman–Crippen MR) is 88.9 cm³/mol. The van der Waals surface area contributed by atoms with Gasteiger partial charge in [0.1, 0.15) is 5.75 Å². The molecule has 1 aromatic carbocycles. The largest absolute Gasteiger partial charge is 0.491 e. The summed E-state index contributed by atoms with van der Waals surface area (Å²) in [4.78, 5) is 0. The average molecular weight is 293 g/mol. The fourth-order valence-electron chi connectivity index (χ4n) is 2.66. The van der Waals surface area contributed by atoms with E-state index in [1.165, 1.54) is 5.56 Å². The zero-order valence-corrected chi connectivity index (χ0v) is 14.6. The summed E-state index contributed by atoms with van der Waals surface area (Å²) in [6.07, 6.45) is 0.269. The zero-order valence-electron chi connectivity index (χ0n) is 14.6. The van der Waals surface area contributed by atoms with Crippen molar-refractivity contribution in [3.63, 3.8) is 0 Å². The van der Waals surface area contributed by atoms with Crippen LogP contribution in [0.1, 0.15) is 53.1 Å². The van der Waals surface area contributed by atoms with Gasteiger partial charge in [-0.05, 0) is 43.5 Å². The topological polar surface area (TPSA) is 30.5 Å². The number of likely N-dealkylation sites (N-methyl/N-ethyl adjacent to an activating group) is 1. The lowest BCUT2D eigenvalue weighted by Crippen LogP contribution is -2.41. The highest BCUT2D eigenvalue weighted by molar-refractivity contribution is 5.31. The molecule has 2 atom stereocenters. The van der Waals surface area contributed by atoms with Crippen LogP contribution in [0.2, 0.25) is 0 Å². The second kappa shape index (κ2) is 7.81. The van der Waals surface area contributed by atoms with Crippen molar-refractivity contribution in [2.75, 3.05) is 13.7 Å². The van der Waals surface area contributed by atoms with Crippen LogP contribution in [0.3, 0.4) is 0 Å². The zero-order chi connectivity index (χ0) is 16.0. The molecule has 0 aliphatic rings. The molecule has 0 aliphatic heterocycles. The van der Waals surface area contributed by atoms with Gasteiger partial charge in [0, 0.05) is 7.11 Å². The van der Waals surface area contributed by atoms with Crippen molar-refractivity contribution in [1.82, 2.24) is 5.32 Å². The van der Waals surface area contributed by atoms with E-state index in [0.717, 1.165) is 12.3 Å². The van der Waals surface area contributed by atoms with Crippen LogP contribution in [0.5, 0.6) is 5.75 Å². The van der Waals surface area contributed by atoms with Crippen molar-refractivity contribution in [1.29, 1.82) is 0 Å². The summed E-state index contributed by atoms with van der Waals surface area (Å²) in [5.41, 5.74) is 1.26. The van der Waals surface area contributed by atoms with Crippen molar-refractivity contribution in [2.24, 2.45) is 5.41 Å². The van der Waals surface area contributed by atoms with Crippen LogP contribution in [0.15, 0.2) is 24.3 Å². The number of rotatable bonds is 7. The Morgan fingerprint density at radius 1 is 1.19 bits per heavy atom. The van der Waals surface area contributed by atoms with E-state index in [9.17, 15) is 0 Å². The molecule has 1 rings (SSSR count). The fourth-order valence-corrected chi connectivity index (χ4v) is 2.66. The predicted octanol–water partition coefficient (Wildman–Crippen LogP) is 4.19. The molecule has 120 valence electrons. The Morgan fingerprint density at radius 2 is 1.86 bits per heavy atom. The molecule has 0 aliphatic carbocycles. The first-order valence-electron chi connectivity index (χ1n) is 7.82. The van der Waals surface area contributed by atoms with E-state index in [1.54, 1.807) is 7.11 Å². The Morgan fingerprint density at radius 3 is 2.33 bits per heavy atom. The Kier molecular flexibility index (Phi) is 6.69. The van der Waals surface area contributed by atoms with Crippen LogP contribution < -0.4 is 10.1 Å². The van der Waals surface area contributed by atoms with Gasteiger partial charge in [-0.15, -0.1) is 0 Å². The first kappa shape index (κ1) is 18.0. The highest BCUT2D eigenvalue weighted by Gasteiger charge is 2.33. The summed E-state index contributed by atoms with van der Waals surface area (Å²) in [5, 5.41) is 3.56. The summed E-state index contributed by atoms with van der Waals surface area (Å²) in [5.74, 6) is 0.911. The van der Waals surface area contributed by atoms with Crippen molar-refractivity contribution in [3.8, 4) is 5.75 Å². The Bertz CT molecular complexity index is 423. The van der Waals surface area contributed by atoms with Gasteiger partial charge in [0.15, 0.2) is 0 Å². The molecule has 1 aromatic rings. The molecule has 0 radical (unpaired) electrons. The van der Waals surface area contributed by atoms with Gasteiger partial charge in [0.2, 0.25) is 0 Å². The van der Waals surface area contributed by atoms with Crippen molar-refractivity contribution in [2.45, 2.75) is 59.8 Å². The third-order valence-electron chi connectivity index (χ3n) is 3.42. The molecule has 21 heavy (non-hydrogen) atoms. The number of ether oxygens (including phenoxy) is 2. The summed E-state index contributed by atoms with van der Waals surface area (Å²) in [6.45, 7) is 13.7.